The van der Waals surface area contributed by atoms with Crippen LogP contribution in [-0.2, 0) is 38.7 Å². The first kappa shape index (κ1) is 42.9. The van der Waals surface area contributed by atoms with E-state index in [1.807, 2.05) is 0 Å². The van der Waals surface area contributed by atoms with Crippen LogP contribution in [0.2, 0.25) is 0 Å². The van der Waals surface area contributed by atoms with Crippen molar-refractivity contribution in [1.82, 2.24) is 0 Å². The van der Waals surface area contributed by atoms with Crippen LogP contribution in [0.5, 0.6) is 0 Å². The molecule has 43 heavy (non-hydrogen) atoms. The number of hydrogen-bond acceptors (Lipinski definition) is 10. The summed E-state index contributed by atoms with van der Waals surface area (Å²) in [7, 11) is -5.14. The molecule has 0 aliphatic carbocycles. The standard InChI is InChI=1S/C31H56O10S.K/c1-2-3-4-5-6-7-8-9-10-11-12-13-14-15-16-17-18-19-20-21-28(33)39-24-31(23-32)25-40-29(34)22-27(42(36,37)38)30(35)41-26-31;/h27,32H,2-26H2,1H3,(H,36,37,38);/q;+1/p-1. The summed E-state index contributed by atoms with van der Waals surface area (Å²) in [6, 6.07) is 0. The second kappa shape index (κ2) is 26.0. The molecule has 2 unspecified atom stereocenters. The van der Waals surface area contributed by atoms with Crippen LogP contribution in [0.15, 0.2) is 0 Å². The third kappa shape index (κ3) is 21.4. The number of rotatable bonds is 24. The smallest absolute Gasteiger partial charge is 0.747 e. The van der Waals surface area contributed by atoms with Gasteiger partial charge in [-0.1, -0.05) is 122 Å². The van der Waals surface area contributed by atoms with E-state index in [0.717, 1.165) is 19.3 Å². The van der Waals surface area contributed by atoms with Gasteiger partial charge in [-0.05, 0) is 6.42 Å². The molecule has 0 bridgehead atoms. The maximum absolute atomic E-state index is 12.2. The molecule has 1 aliphatic heterocycles. The minimum absolute atomic E-state index is 0. The Kier molecular flexibility index (Phi) is 26.0. The van der Waals surface area contributed by atoms with E-state index in [1.165, 1.54) is 96.3 Å². The molecule has 1 N–H and O–H groups in total. The minimum atomic E-state index is -5.14. The Labute approximate surface area is 302 Å². The molecule has 12 heteroatoms. The molecule has 2 atom stereocenters. The maximum Gasteiger partial charge on any atom is 1.00 e. The van der Waals surface area contributed by atoms with Crippen molar-refractivity contribution in [3.05, 3.63) is 0 Å². The zero-order valence-corrected chi connectivity index (χ0v) is 30.7. The van der Waals surface area contributed by atoms with Crippen LogP contribution < -0.4 is 51.4 Å². The summed E-state index contributed by atoms with van der Waals surface area (Å²) < 4.78 is 49.0. The van der Waals surface area contributed by atoms with Crippen LogP contribution in [0.25, 0.3) is 0 Å². The topological polar surface area (TPSA) is 156 Å². The summed E-state index contributed by atoms with van der Waals surface area (Å²) in [5, 5.41) is 7.63. The predicted octanol–water partition coefficient (Wildman–Crippen LogP) is 2.74. The van der Waals surface area contributed by atoms with Gasteiger partial charge in [0, 0.05) is 6.42 Å². The van der Waals surface area contributed by atoms with E-state index in [2.05, 4.69) is 6.92 Å². The molecular weight excluding hydrogens is 603 g/mol. The largest absolute Gasteiger partial charge is 1.00 e. The number of aliphatic hydroxyl groups is 1. The van der Waals surface area contributed by atoms with Gasteiger partial charge in [-0.25, -0.2) is 8.42 Å². The summed E-state index contributed by atoms with van der Waals surface area (Å²) in [5.41, 5.74) is -1.45. The van der Waals surface area contributed by atoms with Crippen LogP contribution in [-0.4, -0.2) is 67.7 Å². The van der Waals surface area contributed by atoms with Gasteiger partial charge >= 0.3 is 69.3 Å². The number of cyclic esters (lactones) is 2. The van der Waals surface area contributed by atoms with Gasteiger partial charge < -0.3 is 23.9 Å². The van der Waals surface area contributed by atoms with Crippen molar-refractivity contribution in [3.63, 3.8) is 0 Å². The molecule has 1 saturated heterocycles. The Morgan fingerprint density at radius 3 is 1.65 bits per heavy atom. The van der Waals surface area contributed by atoms with Gasteiger partial charge in [0.2, 0.25) is 0 Å². The Hall–Kier alpha value is -0.0836. The van der Waals surface area contributed by atoms with Gasteiger partial charge in [-0.2, -0.15) is 0 Å². The number of carbonyl (C=O) groups excluding carboxylic acids is 3. The monoisotopic (exact) mass is 658 g/mol. The number of carbonyl (C=O) groups is 3. The predicted molar refractivity (Wildman–Crippen MR) is 159 cm³/mol. The quantitative estimate of drug-likeness (QED) is 0.0538. The Morgan fingerprint density at radius 1 is 0.814 bits per heavy atom. The van der Waals surface area contributed by atoms with Gasteiger partial charge in [0.1, 0.15) is 29.9 Å². The van der Waals surface area contributed by atoms with Crippen molar-refractivity contribution in [2.45, 2.75) is 147 Å². The van der Waals surface area contributed by atoms with Crippen molar-refractivity contribution in [2.24, 2.45) is 5.41 Å². The zero-order valence-electron chi connectivity index (χ0n) is 26.8. The molecule has 1 rings (SSSR count). The molecule has 0 radical (unpaired) electrons. The summed E-state index contributed by atoms with van der Waals surface area (Å²) in [5.74, 6) is -2.99. The van der Waals surface area contributed by atoms with Crippen LogP contribution in [0.1, 0.15) is 142 Å². The van der Waals surface area contributed by atoms with E-state index in [9.17, 15) is 32.5 Å². The number of esters is 3. The normalized spacial score (nSPS) is 19.4. The number of unbranched alkanes of at least 4 members (excludes halogenated alkanes) is 18. The number of hydrogen-bond donors (Lipinski definition) is 1. The summed E-state index contributed by atoms with van der Waals surface area (Å²) >= 11 is 0. The van der Waals surface area contributed by atoms with E-state index in [4.69, 9.17) is 14.2 Å². The van der Waals surface area contributed by atoms with Crippen molar-refractivity contribution >= 4 is 28.0 Å². The van der Waals surface area contributed by atoms with Crippen LogP contribution in [0.3, 0.4) is 0 Å². The summed E-state index contributed by atoms with van der Waals surface area (Å²) in [4.78, 5) is 36.2. The van der Waals surface area contributed by atoms with E-state index in [-0.39, 0.29) is 57.8 Å². The van der Waals surface area contributed by atoms with Crippen molar-refractivity contribution in [1.29, 1.82) is 0 Å². The Morgan fingerprint density at radius 2 is 1.23 bits per heavy atom. The molecule has 246 valence electrons. The molecule has 1 fully saturated rings. The first-order chi connectivity index (χ1) is 20.1. The van der Waals surface area contributed by atoms with Crippen LogP contribution >= 0.6 is 0 Å². The second-order valence-electron chi connectivity index (χ2n) is 11.9. The molecule has 1 heterocycles. The number of ether oxygens (including phenoxy) is 3. The van der Waals surface area contributed by atoms with Crippen LogP contribution in [0, 0.1) is 5.41 Å². The second-order valence-corrected chi connectivity index (χ2v) is 13.4. The van der Waals surface area contributed by atoms with E-state index in [0.29, 0.717) is 6.42 Å². The Bertz CT molecular complexity index is 867. The van der Waals surface area contributed by atoms with Gasteiger partial charge in [-0.3, -0.25) is 14.4 Å². The van der Waals surface area contributed by atoms with Gasteiger partial charge in [0.15, 0.2) is 5.25 Å². The van der Waals surface area contributed by atoms with Crippen molar-refractivity contribution in [3.8, 4) is 0 Å². The van der Waals surface area contributed by atoms with Gasteiger partial charge in [0.05, 0.1) is 18.4 Å². The maximum atomic E-state index is 12.2. The fraction of sp³-hybridized carbons (Fsp3) is 0.903. The molecule has 0 aromatic heterocycles. The van der Waals surface area contributed by atoms with Gasteiger partial charge in [0.25, 0.3) is 0 Å². The van der Waals surface area contributed by atoms with Crippen LogP contribution in [0.4, 0.5) is 0 Å². The fourth-order valence-electron chi connectivity index (χ4n) is 4.98. The number of aliphatic hydroxyl groups excluding tert-OH is 1. The summed E-state index contributed by atoms with van der Waals surface area (Å²) in [6.07, 6.45) is 23.1. The van der Waals surface area contributed by atoms with E-state index >= 15 is 0 Å². The molecule has 0 aromatic rings. The van der Waals surface area contributed by atoms with Gasteiger partial charge in [-0.15, -0.1) is 0 Å². The average molecular weight is 659 g/mol. The third-order valence-electron chi connectivity index (χ3n) is 7.88. The molecule has 10 nitrogen and oxygen atoms in total. The molecule has 0 spiro atoms. The average Bonchev–Trinajstić information content (AvgIpc) is 3.02. The minimum Gasteiger partial charge on any atom is -0.747 e. The third-order valence-corrected chi connectivity index (χ3v) is 8.94. The Balaban J connectivity index is 0.0000176. The zero-order chi connectivity index (χ0) is 31.1. The van der Waals surface area contributed by atoms with Crippen molar-refractivity contribution in [2.75, 3.05) is 26.4 Å². The fourth-order valence-corrected chi connectivity index (χ4v) is 5.62. The molecule has 0 saturated carbocycles. The molecule has 1 aliphatic rings. The van der Waals surface area contributed by atoms with E-state index in [1.54, 1.807) is 0 Å². The SMILES string of the molecule is CCCCCCCCCCCCCCCCCCCCCC(=O)OCC1(CO)COC(=O)CC(S(=O)(=O)[O-])C(=O)OC1.[K+]. The molecule has 0 aromatic carbocycles. The first-order valence-corrected chi connectivity index (χ1v) is 17.6. The van der Waals surface area contributed by atoms with Crippen molar-refractivity contribution < 1.29 is 98.1 Å². The molecule has 0 amide bonds. The molecular formula is C31H55KO10S. The first-order valence-electron chi connectivity index (χ1n) is 16.2. The summed E-state index contributed by atoms with van der Waals surface area (Å²) in [6.45, 7) is 0.169. The van der Waals surface area contributed by atoms with E-state index < -0.39 is 71.5 Å².